The molecule has 4 nitrogen and oxygen atoms in total. The number of aryl methyl sites for hydroxylation is 1. The smallest absolute Gasteiger partial charge is 0.320 e. The number of hydrogen-bond donors (Lipinski definition) is 2. The Bertz CT molecular complexity index is 334. The third-order valence-corrected chi connectivity index (χ3v) is 2.66. The van der Waals surface area contributed by atoms with E-state index in [1.165, 1.54) is 0 Å². The topological polar surface area (TPSA) is 76.2 Å². The zero-order valence-electron chi connectivity index (χ0n) is 7.70. The largest absolute Gasteiger partial charge is 0.480 e. The molecule has 1 aromatic rings. The minimum absolute atomic E-state index is 0.287. The number of carbonyl (C=O) groups is 1. The molecule has 0 aliphatic carbocycles. The van der Waals surface area contributed by atoms with E-state index in [-0.39, 0.29) is 6.42 Å². The summed E-state index contributed by atoms with van der Waals surface area (Å²) in [6, 6.07) is 0.948. The van der Waals surface area contributed by atoms with Crippen LogP contribution in [0.5, 0.6) is 0 Å². The fourth-order valence-corrected chi connectivity index (χ4v) is 1.70. The van der Waals surface area contributed by atoms with Crippen molar-refractivity contribution in [3.63, 3.8) is 0 Å². The Morgan fingerprint density at radius 1 is 1.79 bits per heavy atom. The monoisotopic (exact) mass is 258 g/mol. The van der Waals surface area contributed by atoms with E-state index in [1.807, 2.05) is 13.0 Å². The lowest BCUT2D eigenvalue weighted by atomic mass is 10.0. The van der Waals surface area contributed by atoms with E-state index in [4.69, 9.17) is 10.8 Å². The molecule has 0 saturated carbocycles. The van der Waals surface area contributed by atoms with Crippen LogP contribution in [0.25, 0.3) is 0 Å². The van der Waals surface area contributed by atoms with Gasteiger partial charge in [-0.3, -0.25) is 4.79 Å². The van der Waals surface area contributed by atoms with Gasteiger partial charge >= 0.3 is 5.97 Å². The SMILES string of the molecule is Cc1ccnc(Br)c1C[C@H](N)C(=O)O. The van der Waals surface area contributed by atoms with Crippen molar-refractivity contribution >= 4 is 21.9 Å². The van der Waals surface area contributed by atoms with Gasteiger partial charge in [-0.2, -0.15) is 0 Å². The summed E-state index contributed by atoms with van der Waals surface area (Å²) in [4.78, 5) is 14.6. The van der Waals surface area contributed by atoms with E-state index in [1.54, 1.807) is 6.20 Å². The van der Waals surface area contributed by atoms with Gasteiger partial charge in [0.1, 0.15) is 10.6 Å². The lowest BCUT2D eigenvalue weighted by Crippen LogP contribution is -2.32. The van der Waals surface area contributed by atoms with Crippen LogP contribution in [-0.4, -0.2) is 22.1 Å². The van der Waals surface area contributed by atoms with Crippen LogP contribution in [0.4, 0.5) is 0 Å². The fraction of sp³-hybridized carbons (Fsp3) is 0.333. The van der Waals surface area contributed by atoms with Crippen molar-refractivity contribution in [1.29, 1.82) is 0 Å². The van der Waals surface area contributed by atoms with Crippen LogP contribution in [0, 0.1) is 6.92 Å². The molecule has 0 amide bonds. The van der Waals surface area contributed by atoms with Gasteiger partial charge in [0.15, 0.2) is 0 Å². The third kappa shape index (κ3) is 2.52. The van der Waals surface area contributed by atoms with Crippen LogP contribution in [0.3, 0.4) is 0 Å². The highest BCUT2D eigenvalue weighted by atomic mass is 79.9. The predicted octanol–water partition coefficient (Wildman–Crippen LogP) is 1.11. The van der Waals surface area contributed by atoms with E-state index in [0.717, 1.165) is 11.1 Å². The van der Waals surface area contributed by atoms with Crippen LogP contribution in [0.1, 0.15) is 11.1 Å². The number of carboxylic acid groups (broad SMARTS) is 1. The van der Waals surface area contributed by atoms with E-state index >= 15 is 0 Å². The number of pyridine rings is 1. The van der Waals surface area contributed by atoms with Crippen molar-refractivity contribution in [2.24, 2.45) is 5.73 Å². The van der Waals surface area contributed by atoms with Gasteiger partial charge in [0.05, 0.1) is 0 Å². The number of nitrogens with zero attached hydrogens (tertiary/aromatic N) is 1. The van der Waals surface area contributed by atoms with E-state index in [9.17, 15) is 4.79 Å². The van der Waals surface area contributed by atoms with Crippen molar-refractivity contribution in [2.75, 3.05) is 0 Å². The Hall–Kier alpha value is -0.940. The van der Waals surface area contributed by atoms with Crippen LogP contribution in [0.2, 0.25) is 0 Å². The van der Waals surface area contributed by atoms with Crippen molar-refractivity contribution in [3.8, 4) is 0 Å². The fourth-order valence-electron chi connectivity index (χ4n) is 1.11. The standard InChI is InChI=1S/C9H11BrN2O2/c1-5-2-3-12-8(10)6(5)4-7(11)9(13)14/h2-3,7H,4,11H2,1H3,(H,13,14)/t7-/m0/s1. The molecule has 0 saturated heterocycles. The maximum Gasteiger partial charge on any atom is 0.320 e. The second kappa shape index (κ2) is 4.52. The summed E-state index contributed by atoms with van der Waals surface area (Å²) >= 11 is 3.27. The summed E-state index contributed by atoms with van der Waals surface area (Å²) in [6.45, 7) is 1.90. The van der Waals surface area contributed by atoms with Gasteiger partial charge < -0.3 is 10.8 Å². The van der Waals surface area contributed by atoms with Crippen LogP contribution in [-0.2, 0) is 11.2 Å². The van der Waals surface area contributed by atoms with Crippen LogP contribution < -0.4 is 5.73 Å². The molecule has 1 atom stereocenters. The first kappa shape index (κ1) is 11.1. The molecule has 76 valence electrons. The highest BCUT2D eigenvalue weighted by molar-refractivity contribution is 9.10. The highest BCUT2D eigenvalue weighted by Gasteiger charge is 2.15. The molecule has 0 aromatic carbocycles. The zero-order valence-corrected chi connectivity index (χ0v) is 9.28. The lowest BCUT2D eigenvalue weighted by molar-refractivity contribution is -0.138. The molecule has 1 rings (SSSR count). The van der Waals surface area contributed by atoms with Crippen LogP contribution in [0.15, 0.2) is 16.9 Å². The van der Waals surface area contributed by atoms with Gasteiger partial charge in [0, 0.05) is 12.6 Å². The van der Waals surface area contributed by atoms with E-state index in [2.05, 4.69) is 20.9 Å². The molecular weight excluding hydrogens is 248 g/mol. The second-order valence-corrected chi connectivity index (χ2v) is 3.80. The molecule has 0 bridgehead atoms. The molecule has 0 fully saturated rings. The maximum atomic E-state index is 10.6. The van der Waals surface area contributed by atoms with Gasteiger partial charge in [0.25, 0.3) is 0 Å². The first-order chi connectivity index (χ1) is 6.52. The Kier molecular flexibility index (Phi) is 3.60. The summed E-state index contributed by atoms with van der Waals surface area (Å²) < 4.78 is 0.661. The molecule has 5 heteroatoms. The van der Waals surface area contributed by atoms with Gasteiger partial charge in [-0.05, 0) is 40.0 Å². The third-order valence-electron chi connectivity index (χ3n) is 1.98. The van der Waals surface area contributed by atoms with Crippen LogP contribution >= 0.6 is 15.9 Å². The number of halogens is 1. The molecule has 0 radical (unpaired) electrons. The van der Waals surface area contributed by atoms with Gasteiger partial charge in [-0.1, -0.05) is 0 Å². The molecule has 1 aromatic heterocycles. The van der Waals surface area contributed by atoms with Gasteiger partial charge in [-0.25, -0.2) is 4.98 Å². The number of nitrogens with two attached hydrogens (primary N) is 1. The second-order valence-electron chi connectivity index (χ2n) is 3.05. The Morgan fingerprint density at radius 2 is 2.43 bits per heavy atom. The summed E-state index contributed by atoms with van der Waals surface area (Å²) in [5.74, 6) is -1.000. The average Bonchev–Trinajstić information content (AvgIpc) is 2.11. The van der Waals surface area contributed by atoms with Crippen molar-refractivity contribution < 1.29 is 9.90 Å². The normalized spacial score (nSPS) is 12.5. The predicted molar refractivity (Wildman–Crippen MR) is 56.0 cm³/mol. The minimum atomic E-state index is -1.000. The summed E-state index contributed by atoms with van der Waals surface area (Å²) in [5.41, 5.74) is 7.28. The Labute approximate surface area is 90.3 Å². The first-order valence-electron chi connectivity index (χ1n) is 4.10. The number of aliphatic carboxylic acids is 1. The highest BCUT2D eigenvalue weighted by Crippen LogP contribution is 2.18. The molecule has 0 spiro atoms. The van der Waals surface area contributed by atoms with Gasteiger partial charge in [0.2, 0.25) is 0 Å². The minimum Gasteiger partial charge on any atom is -0.480 e. The summed E-state index contributed by atoms with van der Waals surface area (Å²) in [7, 11) is 0. The Balaban J connectivity index is 2.91. The van der Waals surface area contributed by atoms with Crippen molar-refractivity contribution in [3.05, 3.63) is 28.0 Å². The van der Waals surface area contributed by atoms with E-state index < -0.39 is 12.0 Å². The molecule has 3 N–H and O–H groups in total. The number of rotatable bonds is 3. The summed E-state index contributed by atoms with van der Waals surface area (Å²) in [6.07, 6.45) is 1.95. The number of hydrogen-bond acceptors (Lipinski definition) is 3. The number of carboxylic acids is 1. The van der Waals surface area contributed by atoms with Crippen molar-refractivity contribution in [1.82, 2.24) is 4.98 Å². The molecular formula is C9H11BrN2O2. The molecule has 0 aliphatic heterocycles. The molecule has 14 heavy (non-hydrogen) atoms. The molecule has 0 unspecified atom stereocenters. The van der Waals surface area contributed by atoms with E-state index in [0.29, 0.717) is 4.60 Å². The Morgan fingerprint density at radius 3 is 2.93 bits per heavy atom. The summed E-state index contributed by atoms with van der Waals surface area (Å²) in [5, 5.41) is 8.66. The zero-order chi connectivity index (χ0) is 10.7. The maximum absolute atomic E-state index is 10.6. The average molecular weight is 259 g/mol. The first-order valence-corrected chi connectivity index (χ1v) is 4.90. The molecule has 0 aliphatic rings. The van der Waals surface area contributed by atoms with Gasteiger partial charge in [-0.15, -0.1) is 0 Å². The molecule has 1 heterocycles. The quantitative estimate of drug-likeness (QED) is 0.797. The van der Waals surface area contributed by atoms with Crippen molar-refractivity contribution in [2.45, 2.75) is 19.4 Å². The number of aromatic nitrogens is 1. The lowest BCUT2D eigenvalue weighted by Gasteiger charge is -2.10.